The van der Waals surface area contributed by atoms with Gasteiger partial charge in [-0.15, -0.1) is 0 Å². The van der Waals surface area contributed by atoms with Crippen LogP contribution in [0, 0.1) is 0 Å². The molecule has 1 fully saturated rings. The first-order valence-corrected chi connectivity index (χ1v) is 7.33. The van der Waals surface area contributed by atoms with Crippen molar-refractivity contribution in [3.05, 3.63) is 24.3 Å². The molecule has 1 aromatic rings. The van der Waals surface area contributed by atoms with Gasteiger partial charge in [0.15, 0.2) is 6.61 Å². The molecule has 1 saturated heterocycles. The molecule has 1 aliphatic heterocycles. The van der Waals surface area contributed by atoms with Crippen molar-refractivity contribution in [2.75, 3.05) is 30.8 Å². The summed E-state index contributed by atoms with van der Waals surface area (Å²) >= 11 is 1.16. The van der Waals surface area contributed by atoms with Crippen LogP contribution >= 0.6 is 11.8 Å². The van der Waals surface area contributed by atoms with Crippen molar-refractivity contribution < 1.29 is 27.5 Å². The van der Waals surface area contributed by atoms with Gasteiger partial charge in [-0.3, -0.25) is 9.59 Å². The summed E-state index contributed by atoms with van der Waals surface area (Å²) in [5.74, 6) is 0.360. The van der Waals surface area contributed by atoms with Gasteiger partial charge in [-0.25, -0.2) is 0 Å². The fourth-order valence-corrected chi connectivity index (χ4v) is 2.57. The number of alkyl halides is 3. The Kier molecular flexibility index (Phi) is 5.17. The Morgan fingerprint density at radius 2 is 2.00 bits per heavy atom. The van der Waals surface area contributed by atoms with E-state index in [-0.39, 0.29) is 23.4 Å². The van der Waals surface area contributed by atoms with E-state index in [1.165, 1.54) is 29.2 Å². The van der Waals surface area contributed by atoms with E-state index in [0.717, 1.165) is 11.8 Å². The second-order valence-electron chi connectivity index (χ2n) is 4.51. The lowest BCUT2D eigenvalue weighted by Crippen LogP contribution is -2.33. The van der Waals surface area contributed by atoms with E-state index in [4.69, 9.17) is 0 Å². The predicted molar refractivity (Wildman–Crippen MR) is 76.0 cm³/mol. The molecule has 2 rings (SSSR count). The fraction of sp³-hybridized carbons (Fsp3) is 0.385. The summed E-state index contributed by atoms with van der Waals surface area (Å²) in [5.41, 5.74) is 0.420. The monoisotopic (exact) mass is 334 g/mol. The van der Waals surface area contributed by atoms with Gasteiger partial charge in [-0.05, 0) is 24.3 Å². The second-order valence-corrected chi connectivity index (χ2v) is 5.56. The minimum Gasteiger partial charge on any atom is -0.484 e. The number of nitrogens with one attached hydrogen (secondary N) is 1. The summed E-state index contributed by atoms with van der Waals surface area (Å²) < 4.78 is 40.6. The number of carbonyl (C=O) groups is 2. The maximum Gasteiger partial charge on any atom is 0.422 e. The third kappa shape index (κ3) is 5.14. The molecule has 1 aromatic carbocycles. The third-order valence-electron chi connectivity index (χ3n) is 2.72. The molecule has 1 aliphatic rings. The topological polar surface area (TPSA) is 58.6 Å². The van der Waals surface area contributed by atoms with Crippen molar-refractivity contribution >= 4 is 28.6 Å². The Morgan fingerprint density at radius 3 is 2.55 bits per heavy atom. The van der Waals surface area contributed by atoms with E-state index in [2.05, 4.69) is 10.1 Å². The molecule has 9 heteroatoms. The smallest absolute Gasteiger partial charge is 0.422 e. The number of amides is 2. The van der Waals surface area contributed by atoms with E-state index in [1.807, 2.05) is 0 Å². The third-order valence-corrected chi connectivity index (χ3v) is 3.61. The number of halogens is 3. The normalized spacial score (nSPS) is 15.0. The number of hydrogen-bond donors (Lipinski definition) is 1. The number of rotatable bonds is 5. The van der Waals surface area contributed by atoms with Crippen molar-refractivity contribution in [3.63, 3.8) is 0 Å². The van der Waals surface area contributed by atoms with E-state index >= 15 is 0 Å². The minimum absolute atomic E-state index is 0.0435. The Balaban J connectivity index is 1.83. The molecule has 2 amide bonds. The SMILES string of the molecule is O=C(CN1CCSC1=O)Nc1ccc(OCC(F)(F)F)cc1. The predicted octanol–water partition coefficient (Wildman–Crippen LogP) is 2.74. The lowest BCUT2D eigenvalue weighted by molar-refractivity contribution is -0.153. The van der Waals surface area contributed by atoms with E-state index in [0.29, 0.717) is 18.0 Å². The number of hydrogen-bond acceptors (Lipinski definition) is 4. The maximum atomic E-state index is 12.0. The maximum absolute atomic E-state index is 12.0. The summed E-state index contributed by atoms with van der Waals surface area (Å²) in [4.78, 5) is 24.6. The summed E-state index contributed by atoms with van der Waals surface area (Å²) in [6.07, 6.45) is -4.40. The number of ether oxygens (including phenoxy) is 1. The molecule has 5 nitrogen and oxygen atoms in total. The molecular formula is C13H13F3N2O3S. The molecular weight excluding hydrogens is 321 g/mol. The average molecular weight is 334 g/mol. The molecule has 0 atom stereocenters. The van der Waals surface area contributed by atoms with Gasteiger partial charge in [0.2, 0.25) is 5.91 Å². The lowest BCUT2D eigenvalue weighted by atomic mass is 10.3. The first kappa shape index (κ1) is 16.5. The molecule has 22 heavy (non-hydrogen) atoms. The van der Waals surface area contributed by atoms with Crippen LogP contribution in [0.5, 0.6) is 5.75 Å². The number of carbonyl (C=O) groups excluding carboxylic acids is 2. The van der Waals surface area contributed by atoms with Gasteiger partial charge < -0.3 is 15.0 Å². The standard InChI is InChI=1S/C13H13F3N2O3S/c14-13(15,16)8-21-10-3-1-9(2-4-10)17-11(19)7-18-5-6-22-12(18)20/h1-4H,5-8H2,(H,17,19). The van der Waals surface area contributed by atoms with Crippen molar-refractivity contribution in [2.45, 2.75) is 6.18 Å². The molecule has 0 saturated carbocycles. The van der Waals surface area contributed by atoms with E-state index in [1.54, 1.807) is 0 Å². The van der Waals surface area contributed by atoms with Crippen LogP contribution in [0.4, 0.5) is 23.7 Å². The van der Waals surface area contributed by atoms with Gasteiger partial charge in [0.05, 0.1) is 0 Å². The highest BCUT2D eigenvalue weighted by Gasteiger charge is 2.28. The van der Waals surface area contributed by atoms with Crippen LogP contribution in [-0.4, -0.2) is 47.7 Å². The highest BCUT2D eigenvalue weighted by Crippen LogP contribution is 2.21. The Hall–Kier alpha value is -1.90. The van der Waals surface area contributed by atoms with Gasteiger partial charge in [0.25, 0.3) is 5.24 Å². The van der Waals surface area contributed by atoms with Crippen molar-refractivity contribution in [2.24, 2.45) is 0 Å². The molecule has 0 spiro atoms. The molecule has 0 aromatic heterocycles. The summed E-state index contributed by atoms with van der Waals surface area (Å²) in [6, 6.07) is 5.53. The largest absolute Gasteiger partial charge is 0.484 e. The van der Waals surface area contributed by atoms with Gasteiger partial charge in [-0.2, -0.15) is 13.2 Å². The highest BCUT2D eigenvalue weighted by molar-refractivity contribution is 8.13. The van der Waals surface area contributed by atoms with Crippen molar-refractivity contribution in [1.29, 1.82) is 0 Å². The first-order valence-electron chi connectivity index (χ1n) is 6.35. The minimum atomic E-state index is -4.40. The lowest BCUT2D eigenvalue weighted by Gasteiger charge is -2.14. The number of thioether (sulfide) groups is 1. The zero-order valence-corrected chi connectivity index (χ0v) is 12.2. The van der Waals surface area contributed by atoms with Crippen LogP contribution in [0.2, 0.25) is 0 Å². The van der Waals surface area contributed by atoms with Crippen LogP contribution in [-0.2, 0) is 4.79 Å². The quantitative estimate of drug-likeness (QED) is 0.899. The fourth-order valence-electron chi connectivity index (χ4n) is 1.74. The van der Waals surface area contributed by atoms with Crippen LogP contribution in [0.3, 0.4) is 0 Å². The molecule has 0 bridgehead atoms. The molecule has 120 valence electrons. The van der Waals surface area contributed by atoms with Crippen LogP contribution < -0.4 is 10.1 Å². The van der Waals surface area contributed by atoms with Gasteiger partial charge >= 0.3 is 6.18 Å². The molecule has 1 N–H and O–H groups in total. The van der Waals surface area contributed by atoms with E-state index < -0.39 is 12.8 Å². The van der Waals surface area contributed by atoms with Crippen LogP contribution in [0.15, 0.2) is 24.3 Å². The zero-order valence-electron chi connectivity index (χ0n) is 11.4. The summed E-state index contributed by atoms with van der Waals surface area (Å²) in [6.45, 7) is -0.882. The van der Waals surface area contributed by atoms with Crippen molar-refractivity contribution in [3.8, 4) is 5.75 Å². The van der Waals surface area contributed by atoms with Gasteiger partial charge in [0.1, 0.15) is 12.3 Å². The first-order chi connectivity index (χ1) is 10.3. The second kappa shape index (κ2) is 6.91. The molecule has 0 radical (unpaired) electrons. The van der Waals surface area contributed by atoms with Crippen molar-refractivity contribution in [1.82, 2.24) is 4.90 Å². The number of nitrogens with zero attached hydrogens (tertiary/aromatic N) is 1. The Labute approximate surface area is 128 Å². The Bertz CT molecular complexity index is 548. The number of benzene rings is 1. The van der Waals surface area contributed by atoms with E-state index in [9.17, 15) is 22.8 Å². The summed E-state index contributed by atoms with van der Waals surface area (Å²) in [7, 11) is 0. The highest BCUT2D eigenvalue weighted by atomic mass is 32.2. The average Bonchev–Trinajstić information content (AvgIpc) is 2.82. The van der Waals surface area contributed by atoms with Crippen LogP contribution in [0.1, 0.15) is 0 Å². The Morgan fingerprint density at radius 1 is 1.32 bits per heavy atom. The van der Waals surface area contributed by atoms with Gasteiger partial charge in [-0.1, -0.05) is 11.8 Å². The zero-order chi connectivity index (χ0) is 16.2. The molecule has 1 heterocycles. The van der Waals surface area contributed by atoms with Gasteiger partial charge in [0, 0.05) is 18.0 Å². The molecule has 0 aliphatic carbocycles. The summed E-state index contributed by atoms with van der Waals surface area (Å²) in [5, 5.41) is 2.44. The molecule has 0 unspecified atom stereocenters. The number of anilines is 1. The van der Waals surface area contributed by atoms with Crippen LogP contribution in [0.25, 0.3) is 0 Å².